The highest BCUT2D eigenvalue weighted by Gasteiger charge is 2.31. The third-order valence-corrected chi connectivity index (χ3v) is 14.6. The first-order valence-electron chi connectivity index (χ1n) is 19.3. The highest BCUT2D eigenvalue weighted by atomic mass is 15.0. The first kappa shape index (κ1) is 38.0. The van der Waals surface area contributed by atoms with Crippen molar-refractivity contribution in [3.8, 4) is 23.5 Å². The van der Waals surface area contributed by atoms with Crippen LogP contribution in [0.4, 0.5) is 0 Å². The van der Waals surface area contributed by atoms with Crippen molar-refractivity contribution in [3.63, 3.8) is 0 Å². The summed E-state index contributed by atoms with van der Waals surface area (Å²) in [7, 11) is 35.9. The minimum absolute atomic E-state index is 0.554. The Kier molecular flexibility index (Phi) is 8.89. The molecule has 0 radical (unpaired) electrons. The van der Waals surface area contributed by atoms with Gasteiger partial charge in [0.2, 0.25) is 0 Å². The highest BCUT2D eigenvalue weighted by Crippen LogP contribution is 2.39. The van der Waals surface area contributed by atoms with E-state index >= 15 is 0 Å². The van der Waals surface area contributed by atoms with Gasteiger partial charge >= 0.3 is 0 Å². The lowest BCUT2D eigenvalue weighted by atomic mass is 9.63. The van der Waals surface area contributed by atoms with Crippen molar-refractivity contribution in [2.24, 2.45) is 0 Å². The number of nitrogens with zero attached hydrogens (tertiary/aromatic N) is 4. The maximum atomic E-state index is 11.2. The molecule has 0 aliphatic heterocycles. The fourth-order valence-corrected chi connectivity index (χ4v) is 9.98. The van der Waals surface area contributed by atoms with Crippen LogP contribution in [0.15, 0.2) is 0 Å². The van der Waals surface area contributed by atoms with E-state index in [2.05, 4.69) is 154 Å². The lowest BCUT2D eigenvalue weighted by Crippen LogP contribution is -2.49. The average molecular weight is 676 g/mol. The number of aromatic nitrogens is 2. The van der Waals surface area contributed by atoms with Gasteiger partial charge in [-0.15, -0.1) is 21.9 Å². The van der Waals surface area contributed by atoms with Crippen molar-refractivity contribution in [3.05, 3.63) is 22.3 Å². The maximum Gasteiger partial charge on any atom is 0.141 e. The summed E-state index contributed by atoms with van der Waals surface area (Å²) >= 11 is 0. The molecule has 242 valence electrons. The number of rotatable bonds is 2. The Labute approximate surface area is 334 Å². The summed E-state index contributed by atoms with van der Waals surface area (Å²) in [6.07, 6.45) is 0. The number of hydrogen-bond acceptors (Lipinski definition) is 2. The fraction of sp³-hybridized carbons (Fsp3) is 0.0588. The lowest BCUT2D eigenvalue weighted by Gasteiger charge is -2.25. The Hall–Kier alpha value is -4.28. The largest absolute Gasteiger partial charge is 0.309 e. The third-order valence-electron chi connectivity index (χ3n) is 14.6. The van der Waals surface area contributed by atoms with Gasteiger partial charge in [0.15, 0.2) is 0 Å². The van der Waals surface area contributed by atoms with E-state index in [-0.39, 0.29) is 0 Å². The predicted molar refractivity (Wildman–Crippen MR) is 285 cm³/mol. The second-order valence-electron chi connectivity index (χ2n) is 16.5. The lowest BCUT2D eigenvalue weighted by molar-refractivity contribution is 1.07. The zero-order chi connectivity index (χ0) is 39.9. The topological polar surface area (TPSA) is 57.4 Å². The maximum absolute atomic E-state index is 11.2. The number of fused-ring (bicyclic) bond motifs is 6. The molecule has 0 saturated heterocycles. The number of benzene rings is 5. The molecule has 0 bridgehead atoms. The van der Waals surface area contributed by atoms with Crippen LogP contribution in [-0.2, 0) is 0 Å². The first-order chi connectivity index (χ1) is 25.3. The van der Waals surface area contributed by atoms with Gasteiger partial charge < -0.3 is 9.13 Å². The van der Waals surface area contributed by atoms with Crippen LogP contribution in [0, 0.1) is 36.5 Å². The van der Waals surface area contributed by atoms with Crippen LogP contribution in [0.25, 0.3) is 55.0 Å². The molecule has 4 nitrogen and oxygen atoms in total. The summed E-state index contributed by atoms with van der Waals surface area (Å²) in [6, 6.07) is 5.31. The molecule has 20 heteroatoms. The molecule has 0 aliphatic rings. The molecule has 2 heterocycles. The van der Waals surface area contributed by atoms with Gasteiger partial charge in [-0.05, 0) is 46.5 Å². The number of hydrogen-bond donors (Lipinski definition) is 0. The van der Waals surface area contributed by atoms with E-state index in [9.17, 15) is 10.5 Å². The average Bonchev–Trinajstić information content (AvgIpc) is 3.69. The quantitative estimate of drug-likeness (QED) is 0.171. The van der Waals surface area contributed by atoms with Crippen LogP contribution in [-0.4, -0.2) is 135 Å². The van der Waals surface area contributed by atoms with E-state index in [0.717, 1.165) is 39.0 Å². The SMILES string of the molecule is Bc1c(B)c(B)c2c(c1B)c1c(B)c(B)c(B)c(B)c1n2-c1c(C)c(-n2c3c(B)c(B)c(B)c(B)c3c3c(B)c(B)c(B)c(B)c32)c(C#N)c(C)c1C#N. The molecule has 7 aromatic rings. The molecule has 5 aromatic carbocycles. The Balaban J connectivity index is 1.88. The summed E-state index contributed by atoms with van der Waals surface area (Å²) in [6.45, 7) is 4.13. The Morgan fingerprint density at radius 1 is 0.315 bits per heavy atom. The molecule has 0 spiro atoms. The monoisotopic (exact) mass is 678 g/mol. The van der Waals surface area contributed by atoms with Gasteiger partial charge in [-0.2, -0.15) is 10.5 Å². The van der Waals surface area contributed by atoms with E-state index in [1.165, 1.54) is 109 Å². The van der Waals surface area contributed by atoms with E-state index in [0.29, 0.717) is 16.7 Å². The van der Waals surface area contributed by atoms with Crippen LogP contribution in [0.1, 0.15) is 22.3 Å². The highest BCUT2D eigenvalue weighted by molar-refractivity contribution is 6.73. The van der Waals surface area contributed by atoms with Crippen molar-refractivity contribution in [1.82, 2.24) is 9.13 Å². The minimum atomic E-state index is 0.554. The molecular formula is C34H38B16N4. The summed E-state index contributed by atoms with van der Waals surface area (Å²) < 4.78 is 4.85. The first-order valence-corrected chi connectivity index (χ1v) is 19.3. The van der Waals surface area contributed by atoms with Crippen molar-refractivity contribution in [2.75, 3.05) is 0 Å². The standard InChI is InChI=1S/C34H38B16N4/c1-5-7(3-51)29(53-31-9(13(35)17(39)21(43)25(31)47)10-14(36)18(40)22(44)26(48)32(10)53)6(2)30(8(5)4-52)54-33-11(15(37)19(41)23(45)27(33)49)12-16(38)20(42)24(46)28(50)34(12)54/h35-50H2,1-2H3. The van der Waals surface area contributed by atoms with Gasteiger partial charge in [0, 0.05) is 22.1 Å². The molecule has 54 heavy (non-hydrogen) atoms. The molecule has 0 atom stereocenters. The molecule has 0 aliphatic carbocycles. The zero-order valence-electron chi connectivity index (χ0n) is 35.8. The third kappa shape index (κ3) is 4.52. The van der Waals surface area contributed by atoms with E-state index < -0.39 is 0 Å². The Morgan fingerprint density at radius 3 is 0.722 bits per heavy atom. The molecule has 0 unspecified atom stereocenters. The van der Waals surface area contributed by atoms with Gasteiger partial charge in [-0.1, -0.05) is 65.6 Å². The second-order valence-corrected chi connectivity index (χ2v) is 16.5. The molecule has 2 aromatic heterocycles. The molecular weight excluding hydrogens is 637 g/mol. The van der Waals surface area contributed by atoms with Crippen LogP contribution in [0.3, 0.4) is 0 Å². The van der Waals surface area contributed by atoms with Crippen molar-refractivity contribution < 1.29 is 0 Å². The normalized spacial score (nSPS) is 11.6. The predicted octanol–water partition coefficient (Wildman–Crippen LogP) is -19.6. The van der Waals surface area contributed by atoms with E-state index in [1.807, 2.05) is 6.92 Å². The summed E-state index contributed by atoms with van der Waals surface area (Å²) in [5.74, 6) is 0. The second kappa shape index (κ2) is 12.6. The Morgan fingerprint density at radius 2 is 0.519 bits per heavy atom. The van der Waals surface area contributed by atoms with Gasteiger partial charge in [0.25, 0.3) is 0 Å². The van der Waals surface area contributed by atoms with Crippen LogP contribution >= 0.6 is 0 Å². The van der Waals surface area contributed by atoms with Crippen LogP contribution in [0.2, 0.25) is 0 Å². The van der Waals surface area contributed by atoms with Crippen molar-refractivity contribution in [2.45, 2.75) is 13.8 Å². The molecule has 0 amide bonds. The summed E-state index contributed by atoms with van der Waals surface area (Å²) in [5, 5.41) is 27.5. The molecule has 7 rings (SSSR count). The van der Waals surface area contributed by atoms with E-state index in [4.69, 9.17) is 0 Å². The van der Waals surface area contributed by atoms with Gasteiger partial charge in [-0.25, -0.2) is 0 Å². The molecule has 0 saturated carbocycles. The fourth-order valence-electron chi connectivity index (χ4n) is 9.98. The van der Waals surface area contributed by atoms with Gasteiger partial charge in [0.05, 0.1) is 22.5 Å². The van der Waals surface area contributed by atoms with Crippen LogP contribution in [0.5, 0.6) is 0 Å². The summed E-state index contributed by atoms with van der Waals surface area (Å²) in [5.41, 5.74) is 29.4. The minimum Gasteiger partial charge on any atom is -0.309 e. The van der Waals surface area contributed by atoms with Crippen LogP contribution < -0.4 is 87.4 Å². The summed E-state index contributed by atoms with van der Waals surface area (Å²) in [4.78, 5) is 0. The number of nitriles is 2. The zero-order valence-corrected chi connectivity index (χ0v) is 35.8. The smallest absolute Gasteiger partial charge is 0.141 e. The van der Waals surface area contributed by atoms with Gasteiger partial charge in [0.1, 0.15) is 138 Å². The Bertz CT molecular complexity index is 2700. The van der Waals surface area contributed by atoms with Crippen molar-refractivity contribution in [1.29, 1.82) is 10.5 Å². The van der Waals surface area contributed by atoms with Crippen molar-refractivity contribution >= 4 is 257 Å². The molecule has 0 N–H and O–H groups in total. The van der Waals surface area contributed by atoms with Gasteiger partial charge in [-0.3, -0.25) is 0 Å². The van der Waals surface area contributed by atoms with E-state index in [1.54, 1.807) is 0 Å². The molecule has 0 fully saturated rings.